The van der Waals surface area contributed by atoms with E-state index in [1.807, 2.05) is 37.3 Å². The maximum Gasteiger partial charge on any atom is 0.336 e. The molecule has 0 aliphatic heterocycles. The second kappa shape index (κ2) is 7.17. The van der Waals surface area contributed by atoms with Crippen molar-refractivity contribution in [2.45, 2.75) is 13.3 Å². The molecule has 0 saturated carbocycles. The van der Waals surface area contributed by atoms with Crippen LogP contribution in [0.2, 0.25) is 0 Å². The third-order valence-corrected chi connectivity index (χ3v) is 5.28. The Morgan fingerprint density at radius 1 is 1.11 bits per heavy atom. The van der Waals surface area contributed by atoms with Gasteiger partial charge >= 0.3 is 5.63 Å². The van der Waals surface area contributed by atoms with Crippen LogP contribution in [0.25, 0.3) is 11.0 Å². The Morgan fingerprint density at radius 2 is 1.93 bits per heavy atom. The lowest BCUT2D eigenvalue weighted by atomic mass is 10.2. The highest BCUT2D eigenvalue weighted by Crippen LogP contribution is 2.23. The lowest BCUT2D eigenvalue weighted by Gasteiger charge is -2.05. The first-order valence-electron chi connectivity index (χ1n) is 8.44. The SMILES string of the molecule is Cc1nc(Cc2ccccc2)sc1C(=O)Nc1ccc2oc(=O)ccc2c1. The summed E-state index contributed by atoms with van der Waals surface area (Å²) in [5.74, 6) is -0.193. The van der Waals surface area contributed by atoms with Crippen molar-refractivity contribution in [3.05, 3.63) is 92.2 Å². The number of nitrogens with zero attached hydrogens (tertiary/aromatic N) is 1. The molecule has 1 amide bonds. The quantitative estimate of drug-likeness (QED) is 0.536. The molecular formula is C21H16N2O3S. The van der Waals surface area contributed by atoms with E-state index in [-0.39, 0.29) is 5.91 Å². The number of hydrogen-bond donors (Lipinski definition) is 1. The molecule has 0 aliphatic carbocycles. The normalized spacial score (nSPS) is 10.9. The molecule has 0 saturated heterocycles. The smallest absolute Gasteiger partial charge is 0.336 e. The molecule has 5 nitrogen and oxygen atoms in total. The predicted molar refractivity (Wildman–Crippen MR) is 107 cm³/mol. The molecule has 0 bridgehead atoms. The topological polar surface area (TPSA) is 72.2 Å². The molecule has 0 aliphatic rings. The van der Waals surface area contributed by atoms with Crippen molar-refractivity contribution < 1.29 is 9.21 Å². The minimum Gasteiger partial charge on any atom is -0.423 e. The van der Waals surface area contributed by atoms with Crippen LogP contribution in [0.1, 0.15) is 25.9 Å². The van der Waals surface area contributed by atoms with Crippen molar-refractivity contribution in [1.82, 2.24) is 4.98 Å². The third-order valence-electron chi connectivity index (χ3n) is 4.12. The number of fused-ring (bicyclic) bond motifs is 1. The zero-order valence-electron chi connectivity index (χ0n) is 14.6. The van der Waals surface area contributed by atoms with Crippen LogP contribution >= 0.6 is 11.3 Å². The molecule has 0 fully saturated rings. The maximum absolute atomic E-state index is 12.7. The number of rotatable bonds is 4. The van der Waals surface area contributed by atoms with Gasteiger partial charge in [-0.3, -0.25) is 4.79 Å². The highest BCUT2D eigenvalue weighted by atomic mass is 32.1. The largest absolute Gasteiger partial charge is 0.423 e. The van der Waals surface area contributed by atoms with E-state index in [0.717, 1.165) is 21.7 Å². The molecule has 0 unspecified atom stereocenters. The number of anilines is 1. The van der Waals surface area contributed by atoms with Crippen molar-refractivity contribution in [1.29, 1.82) is 0 Å². The molecular weight excluding hydrogens is 360 g/mol. The van der Waals surface area contributed by atoms with Crippen LogP contribution in [0.4, 0.5) is 5.69 Å². The molecule has 134 valence electrons. The molecule has 2 aromatic carbocycles. The van der Waals surface area contributed by atoms with E-state index in [1.54, 1.807) is 24.3 Å². The van der Waals surface area contributed by atoms with Crippen LogP contribution in [0.3, 0.4) is 0 Å². The number of aromatic nitrogens is 1. The van der Waals surface area contributed by atoms with Gasteiger partial charge in [-0.2, -0.15) is 0 Å². The standard InChI is InChI=1S/C21H16N2O3S/c1-13-20(27-18(22-13)11-14-5-3-2-4-6-14)21(25)23-16-8-9-17-15(12-16)7-10-19(24)26-17/h2-10,12H,11H2,1H3,(H,23,25). The minimum absolute atomic E-state index is 0.193. The highest BCUT2D eigenvalue weighted by molar-refractivity contribution is 7.14. The summed E-state index contributed by atoms with van der Waals surface area (Å²) in [5, 5.41) is 4.55. The van der Waals surface area contributed by atoms with Crippen LogP contribution in [-0.2, 0) is 6.42 Å². The predicted octanol–water partition coefficient (Wildman–Crippen LogP) is 4.40. The highest BCUT2D eigenvalue weighted by Gasteiger charge is 2.16. The first-order valence-corrected chi connectivity index (χ1v) is 9.25. The lowest BCUT2D eigenvalue weighted by Crippen LogP contribution is -2.11. The van der Waals surface area contributed by atoms with Gasteiger partial charge in [0.1, 0.15) is 10.5 Å². The van der Waals surface area contributed by atoms with E-state index in [0.29, 0.717) is 22.6 Å². The number of amides is 1. The zero-order valence-corrected chi connectivity index (χ0v) is 15.4. The summed E-state index contributed by atoms with van der Waals surface area (Å²) >= 11 is 1.40. The van der Waals surface area contributed by atoms with Crippen LogP contribution in [0.5, 0.6) is 0 Å². The summed E-state index contributed by atoms with van der Waals surface area (Å²) < 4.78 is 5.11. The Morgan fingerprint density at radius 3 is 2.74 bits per heavy atom. The van der Waals surface area contributed by atoms with Gasteiger partial charge in [0.25, 0.3) is 5.91 Å². The number of hydrogen-bond acceptors (Lipinski definition) is 5. The number of nitrogens with one attached hydrogen (secondary N) is 1. The molecule has 1 N–H and O–H groups in total. The van der Waals surface area contributed by atoms with Gasteiger partial charge in [0.05, 0.1) is 10.7 Å². The monoisotopic (exact) mass is 376 g/mol. The van der Waals surface area contributed by atoms with Crippen molar-refractivity contribution in [2.24, 2.45) is 0 Å². The maximum atomic E-state index is 12.7. The first-order chi connectivity index (χ1) is 13.1. The van der Waals surface area contributed by atoms with Gasteiger partial charge < -0.3 is 9.73 Å². The number of thiazole rings is 1. The average molecular weight is 376 g/mol. The summed E-state index contributed by atoms with van der Waals surface area (Å²) in [5.41, 5.74) is 2.60. The molecule has 0 atom stereocenters. The van der Waals surface area contributed by atoms with E-state index >= 15 is 0 Å². The fraction of sp³-hybridized carbons (Fsp3) is 0.0952. The summed E-state index contributed by atoms with van der Waals surface area (Å²) in [7, 11) is 0. The summed E-state index contributed by atoms with van der Waals surface area (Å²) in [6, 6.07) is 18.2. The Balaban J connectivity index is 1.54. The molecule has 0 radical (unpaired) electrons. The van der Waals surface area contributed by atoms with Crippen LogP contribution in [0, 0.1) is 6.92 Å². The average Bonchev–Trinajstić information content (AvgIpc) is 3.03. The van der Waals surface area contributed by atoms with E-state index in [1.165, 1.54) is 17.4 Å². The minimum atomic E-state index is -0.398. The Labute approximate surface area is 159 Å². The summed E-state index contributed by atoms with van der Waals surface area (Å²) in [4.78, 5) is 29.1. The number of carbonyl (C=O) groups is 1. The summed E-state index contributed by atoms with van der Waals surface area (Å²) in [6.07, 6.45) is 0.703. The fourth-order valence-corrected chi connectivity index (χ4v) is 3.84. The first kappa shape index (κ1) is 17.2. The molecule has 2 aromatic heterocycles. The van der Waals surface area contributed by atoms with Gasteiger partial charge in [-0.25, -0.2) is 9.78 Å². The van der Waals surface area contributed by atoms with Gasteiger partial charge in [-0.1, -0.05) is 30.3 Å². The Hall–Kier alpha value is -3.25. The van der Waals surface area contributed by atoms with Gasteiger partial charge in [-0.15, -0.1) is 11.3 Å². The van der Waals surface area contributed by atoms with Gasteiger partial charge in [0.15, 0.2) is 0 Å². The van der Waals surface area contributed by atoms with Crippen LogP contribution < -0.4 is 10.9 Å². The zero-order chi connectivity index (χ0) is 18.8. The Kier molecular flexibility index (Phi) is 4.56. The van der Waals surface area contributed by atoms with Crippen molar-refractivity contribution in [3.8, 4) is 0 Å². The van der Waals surface area contributed by atoms with Gasteiger partial charge in [0, 0.05) is 23.6 Å². The molecule has 2 heterocycles. The van der Waals surface area contributed by atoms with Gasteiger partial charge in [-0.05, 0) is 36.8 Å². The Bertz CT molecular complexity index is 1180. The van der Waals surface area contributed by atoms with E-state index < -0.39 is 5.63 Å². The molecule has 4 rings (SSSR count). The fourth-order valence-electron chi connectivity index (χ4n) is 2.85. The van der Waals surface area contributed by atoms with Gasteiger partial charge in [0.2, 0.25) is 0 Å². The van der Waals surface area contributed by atoms with E-state index in [2.05, 4.69) is 10.3 Å². The molecule has 4 aromatic rings. The molecule has 27 heavy (non-hydrogen) atoms. The number of carbonyl (C=O) groups excluding carboxylic acids is 1. The second-order valence-electron chi connectivity index (χ2n) is 6.15. The van der Waals surface area contributed by atoms with Crippen LogP contribution in [0.15, 0.2) is 69.9 Å². The number of aryl methyl sites for hydroxylation is 1. The van der Waals surface area contributed by atoms with Crippen LogP contribution in [-0.4, -0.2) is 10.9 Å². The second-order valence-corrected chi connectivity index (χ2v) is 7.23. The summed E-state index contributed by atoms with van der Waals surface area (Å²) in [6.45, 7) is 1.84. The van der Waals surface area contributed by atoms with E-state index in [9.17, 15) is 9.59 Å². The number of benzene rings is 2. The molecule has 6 heteroatoms. The third kappa shape index (κ3) is 3.80. The molecule has 0 spiro atoms. The lowest BCUT2D eigenvalue weighted by molar-refractivity contribution is 0.103. The van der Waals surface area contributed by atoms with Crippen molar-refractivity contribution in [3.63, 3.8) is 0 Å². The van der Waals surface area contributed by atoms with Crippen molar-refractivity contribution in [2.75, 3.05) is 5.32 Å². The van der Waals surface area contributed by atoms with E-state index in [4.69, 9.17) is 4.42 Å². The van der Waals surface area contributed by atoms with Crippen molar-refractivity contribution >= 4 is 33.9 Å².